The summed E-state index contributed by atoms with van der Waals surface area (Å²) >= 11 is 0. The number of carbonyl (C=O) groups excluding carboxylic acids is 1. The maximum Gasteiger partial charge on any atom is 0.217 e. The average molecular weight is 326 g/mol. The van der Waals surface area contributed by atoms with Crippen molar-refractivity contribution in [3.63, 3.8) is 0 Å². The van der Waals surface area contributed by atoms with Gasteiger partial charge in [0.05, 0.1) is 12.1 Å². The Morgan fingerprint density at radius 1 is 1.39 bits per heavy atom. The van der Waals surface area contributed by atoms with Gasteiger partial charge in [0.2, 0.25) is 5.91 Å². The molecule has 1 saturated heterocycles. The number of amides is 1. The summed E-state index contributed by atoms with van der Waals surface area (Å²) in [6.45, 7) is 3.46. The van der Waals surface area contributed by atoms with E-state index in [-0.39, 0.29) is 12.5 Å². The fourth-order valence-electron chi connectivity index (χ4n) is 3.10. The van der Waals surface area contributed by atoms with E-state index in [9.17, 15) is 13.6 Å². The first kappa shape index (κ1) is 17.8. The number of halogens is 2. The zero-order valence-electron chi connectivity index (χ0n) is 13.5. The van der Waals surface area contributed by atoms with Crippen LogP contribution in [0.3, 0.4) is 0 Å². The first-order valence-electron chi connectivity index (χ1n) is 7.93. The minimum absolute atomic E-state index is 0.258. The van der Waals surface area contributed by atoms with Gasteiger partial charge in [-0.2, -0.15) is 0 Å². The first-order valence-corrected chi connectivity index (χ1v) is 7.93. The van der Waals surface area contributed by atoms with Crippen molar-refractivity contribution in [2.75, 3.05) is 19.8 Å². The van der Waals surface area contributed by atoms with Crippen LogP contribution in [-0.2, 0) is 16.1 Å². The molecule has 4 nitrogen and oxygen atoms in total. The molecule has 1 aliphatic heterocycles. The summed E-state index contributed by atoms with van der Waals surface area (Å²) in [6.07, 6.45) is -2.31. The number of hydrogen-bond donors (Lipinski definition) is 1. The van der Waals surface area contributed by atoms with Gasteiger partial charge in [-0.1, -0.05) is 30.3 Å². The fraction of sp³-hybridized carbons (Fsp3) is 0.588. The minimum Gasteiger partial charge on any atom is -0.374 e. The van der Waals surface area contributed by atoms with E-state index in [1.165, 1.54) is 6.92 Å². The SMILES string of the molecule is CCO[C@H]1[C@@H](F)[C@@H](NC(C)=O)CN(Cc2ccccc2)[C@@H]1CF. The molecule has 1 fully saturated rings. The van der Waals surface area contributed by atoms with Gasteiger partial charge in [0.15, 0.2) is 0 Å². The molecule has 2 rings (SSSR count). The van der Waals surface area contributed by atoms with E-state index < -0.39 is 31.0 Å². The predicted octanol–water partition coefficient (Wildman–Crippen LogP) is 2.09. The van der Waals surface area contributed by atoms with Gasteiger partial charge in [0.25, 0.3) is 0 Å². The quantitative estimate of drug-likeness (QED) is 0.870. The highest BCUT2D eigenvalue weighted by Gasteiger charge is 2.45. The Bertz CT molecular complexity index is 501. The molecule has 0 unspecified atom stereocenters. The highest BCUT2D eigenvalue weighted by atomic mass is 19.1. The smallest absolute Gasteiger partial charge is 0.217 e. The Balaban J connectivity index is 2.20. The zero-order chi connectivity index (χ0) is 16.8. The largest absolute Gasteiger partial charge is 0.374 e. The topological polar surface area (TPSA) is 41.6 Å². The molecule has 0 spiro atoms. The number of nitrogens with one attached hydrogen (secondary N) is 1. The normalized spacial score (nSPS) is 28.5. The van der Waals surface area contributed by atoms with Crippen LogP contribution in [0.4, 0.5) is 8.78 Å². The van der Waals surface area contributed by atoms with Crippen molar-refractivity contribution in [2.45, 2.75) is 44.8 Å². The molecule has 1 N–H and O–H groups in total. The number of ether oxygens (including phenoxy) is 1. The highest BCUT2D eigenvalue weighted by molar-refractivity contribution is 5.73. The van der Waals surface area contributed by atoms with Gasteiger partial charge in [-0.15, -0.1) is 0 Å². The van der Waals surface area contributed by atoms with Crippen LogP contribution in [-0.4, -0.2) is 55.0 Å². The number of carbonyl (C=O) groups is 1. The van der Waals surface area contributed by atoms with Gasteiger partial charge in [0, 0.05) is 26.6 Å². The Morgan fingerprint density at radius 2 is 2.09 bits per heavy atom. The third-order valence-electron chi connectivity index (χ3n) is 4.11. The summed E-state index contributed by atoms with van der Waals surface area (Å²) in [5.74, 6) is -0.300. The van der Waals surface area contributed by atoms with E-state index in [1.807, 2.05) is 35.2 Å². The van der Waals surface area contributed by atoms with Crippen LogP contribution < -0.4 is 5.32 Å². The molecule has 0 aliphatic carbocycles. The van der Waals surface area contributed by atoms with E-state index in [1.54, 1.807) is 6.92 Å². The number of piperidine rings is 1. The van der Waals surface area contributed by atoms with E-state index >= 15 is 0 Å². The second-order valence-corrected chi connectivity index (χ2v) is 5.81. The molecule has 4 atom stereocenters. The number of nitrogens with zero attached hydrogens (tertiary/aromatic N) is 1. The van der Waals surface area contributed by atoms with Gasteiger partial charge in [-0.25, -0.2) is 8.78 Å². The van der Waals surface area contributed by atoms with E-state index in [2.05, 4.69) is 5.32 Å². The molecule has 1 aliphatic rings. The second kappa shape index (κ2) is 8.36. The van der Waals surface area contributed by atoms with Gasteiger partial charge in [-0.05, 0) is 12.5 Å². The van der Waals surface area contributed by atoms with Crippen molar-refractivity contribution >= 4 is 5.91 Å². The van der Waals surface area contributed by atoms with Crippen LogP contribution >= 0.6 is 0 Å². The van der Waals surface area contributed by atoms with Crippen molar-refractivity contribution in [1.29, 1.82) is 0 Å². The van der Waals surface area contributed by atoms with E-state index in [4.69, 9.17) is 4.74 Å². The summed E-state index contributed by atoms with van der Waals surface area (Å²) in [5, 5.41) is 2.62. The average Bonchev–Trinajstić information content (AvgIpc) is 2.53. The van der Waals surface area contributed by atoms with Crippen LogP contribution in [0.5, 0.6) is 0 Å². The number of hydrogen-bond acceptors (Lipinski definition) is 3. The Hall–Kier alpha value is -1.53. The van der Waals surface area contributed by atoms with Crippen molar-refractivity contribution in [1.82, 2.24) is 10.2 Å². The molecule has 1 aromatic carbocycles. The van der Waals surface area contributed by atoms with E-state index in [0.717, 1.165) is 5.56 Å². The number of rotatable bonds is 6. The van der Waals surface area contributed by atoms with Gasteiger partial charge in [0.1, 0.15) is 19.0 Å². The first-order chi connectivity index (χ1) is 11.1. The van der Waals surface area contributed by atoms with Crippen LogP contribution in [0.25, 0.3) is 0 Å². The monoisotopic (exact) mass is 326 g/mol. The molecule has 1 amide bonds. The van der Waals surface area contributed by atoms with Gasteiger partial charge >= 0.3 is 0 Å². The third kappa shape index (κ3) is 4.48. The lowest BCUT2D eigenvalue weighted by Gasteiger charge is -2.45. The summed E-state index contributed by atoms with van der Waals surface area (Å²) in [6, 6.07) is 8.26. The minimum atomic E-state index is -1.42. The lowest BCUT2D eigenvalue weighted by molar-refractivity contribution is -0.127. The molecule has 0 bridgehead atoms. The summed E-state index contributed by atoms with van der Waals surface area (Å²) in [7, 11) is 0. The third-order valence-corrected chi connectivity index (χ3v) is 4.11. The summed E-state index contributed by atoms with van der Waals surface area (Å²) in [4.78, 5) is 13.2. The number of benzene rings is 1. The van der Waals surface area contributed by atoms with Crippen LogP contribution in [0, 0.1) is 0 Å². The molecule has 0 radical (unpaired) electrons. The highest BCUT2D eigenvalue weighted by Crippen LogP contribution is 2.26. The van der Waals surface area contributed by atoms with Crippen LogP contribution in [0.2, 0.25) is 0 Å². The summed E-state index contributed by atoms with van der Waals surface area (Å²) < 4.78 is 33.7. The maximum atomic E-state index is 14.7. The molecule has 1 aromatic rings. The van der Waals surface area contributed by atoms with Gasteiger partial charge < -0.3 is 10.1 Å². The molecule has 0 aromatic heterocycles. The van der Waals surface area contributed by atoms with Crippen molar-refractivity contribution in [3.05, 3.63) is 35.9 Å². The lowest BCUT2D eigenvalue weighted by Crippen LogP contribution is -2.65. The Labute approximate surface area is 135 Å². The lowest BCUT2D eigenvalue weighted by atomic mass is 9.92. The molecule has 128 valence electrons. The molecule has 23 heavy (non-hydrogen) atoms. The van der Waals surface area contributed by atoms with Crippen molar-refractivity contribution < 1.29 is 18.3 Å². The van der Waals surface area contributed by atoms with Crippen LogP contribution in [0.1, 0.15) is 19.4 Å². The maximum absolute atomic E-state index is 14.7. The van der Waals surface area contributed by atoms with E-state index in [0.29, 0.717) is 13.2 Å². The number of alkyl halides is 2. The summed E-state index contributed by atoms with van der Waals surface area (Å²) in [5.41, 5.74) is 1.01. The fourth-order valence-corrected chi connectivity index (χ4v) is 3.10. The predicted molar refractivity (Wildman–Crippen MR) is 84.5 cm³/mol. The van der Waals surface area contributed by atoms with Crippen molar-refractivity contribution in [3.8, 4) is 0 Å². The van der Waals surface area contributed by atoms with Crippen LogP contribution in [0.15, 0.2) is 30.3 Å². The standard InChI is InChI=1S/C17H24F2N2O2/c1-3-23-17-15(9-18)21(10-13-7-5-4-6-8-13)11-14(16(17)19)20-12(2)22/h4-8,14-17H,3,9-11H2,1-2H3,(H,20,22)/t14-,15+,16-,17+/m0/s1. The Morgan fingerprint density at radius 3 is 2.65 bits per heavy atom. The molecular weight excluding hydrogens is 302 g/mol. The molecule has 0 saturated carbocycles. The number of likely N-dealkylation sites (tertiary alicyclic amines) is 1. The Kier molecular flexibility index (Phi) is 6.47. The zero-order valence-corrected chi connectivity index (χ0v) is 13.5. The van der Waals surface area contributed by atoms with Crippen molar-refractivity contribution in [2.24, 2.45) is 0 Å². The van der Waals surface area contributed by atoms with Gasteiger partial charge in [-0.3, -0.25) is 9.69 Å². The molecular formula is C17H24F2N2O2. The molecule has 6 heteroatoms. The molecule has 1 heterocycles. The second-order valence-electron chi connectivity index (χ2n) is 5.81.